The zero-order chi connectivity index (χ0) is 10.8. The molecule has 0 saturated carbocycles. The molecule has 6 nitrogen and oxygen atoms in total. The zero-order valence-electron chi connectivity index (χ0n) is 6.82. The third-order valence-corrected chi connectivity index (χ3v) is 2.26. The standard InChI is InChI=1S/C7H6N2O4S/c8-9-7(14(11,12)13)5-3-1-2-4-6(5)10/h1-4,10H,(H,11,12,13). The SMILES string of the molecule is [N-]=[N+]=C(c1ccccc1O)S(=O)(=O)O. The summed E-state index contributed by atoms with van der Waals surface area (Å²) in [6.07, 6.45) is 0. The van der Waals surface area contributed by atoms with Crippen molar-refractivity contribution in [2.75, 3.05) is 0 Å². The van der Waals surface area contributed by atoms with Crippen LogP contribution in [-0.2, 0) is 10.1 Å². The summed E-state index contributed by atoms with van der Waals surface area (Å²) in [6.45, 7) is 0. The number of benzene rings is 1. The van der Waals surface area contributed by atoms with Gasteiger partial charge in [-0.1, -0.05) is 12.1 Å². The third-order valence-electron chi connectivity index (χ3n) is 1.47. The summed E-state index contributed by atoms with van der Waals surface area (Å²) in [5.74, 6) is -0.405. The normalized spacial score (nSPS) is 10.6. The molecular formula is C7H6N2O4S. The molecule has 0 aliphatic carbocycles. The molecule has 0 aromatic heterocycles. The molecule has 0 bridgehead atoms. The largest absolute Gasteiger partial charge is 0.507 e. The van der Waals surface area contributed by atoms with Gasteiger partial charge < -0.3 is 10.6 Å². The van der Waals surface area contributed by atoms with Crippen LogP contribution in [0.2, 0.25) is 0 Å². The van der Waals surface area contributed by atoms with Crippen molar-refractivity contribution in [3.8, 4) is 5.75 Å². The van der Waals surface area contributed by atoms with E-state index >= 15 is 0 Å². The maximum atomic E-state index is 10.7. The Morgan fingerprint density at radius 3 is 2.36 bits per heavy atom. The highest BCUT2D eigenvalue weighted by atomic mass is 32.2. The average molecular weight is 214 g/mol. The monoisotopic (exact) mass is 214 g/mol. The van der Waals surface area contributed by atoms with E-state index in [-0.39, 0.29) is 5.56 Å². The van der Waals surface area contributed by atoms with Crippen molar-refractivity contribution < 1.29 is 22.9 Å². The van der Waals surface area contributed by atoms with Crippen molar-refractivity contribution in [1.82, 2.24) is 0 Å². The minimum Gasteiger partial charge on any atom is -0.507 e. The van der Waals surface area contributed by atoms with Gasteiger partial charge in [0.1, 0.15) is 11.3 Å². The minimum absolute atomic E-state index is 0.266. The molecule has 0 fully saturated rings. The van der Waals surface area contributed by atoms with Crippen molar-refractivity contribution in [2.24, 2.45) is 0 Å². The molecular weight excluding hydrogens is 208 g/mol. The lowest BCUT2D eigenvalue weighted by Crippen LogP contribution is -2.16. The lowest BCUT2D eigenvalue weighted by atomic mass is 10.2. The van der Waals surface area contributed by atoms with Gasteiger partial charge in [0.25, 0.3) is 0 Å². The molecule has 0 unspecified atom stereocenters. The molecule has 7 heteroatoms. The molecule has 0 spiro atoms. The minimum atomic E-state index is -4.65. The molecule has 2 N–H and O–H groups in total. The number of rotatable bonds is 1. The summed E-state index contributed by atoms with van der Waals surface area (Å²) in [5, 5.41) is 8.22. The fourth-order valence-electron chi connectivity index (χ4n) is 0.899. The maximum absolute atomic E-state index is 10.7. The topological polar surface area (TPSA) is 111 Å². The van der Waals surface area contributed by atoms with Crippen molar-refractivity contribution >= 4 is 15.2 Å². The molecule has 1 aromatic carbocycles. The van der Waals surface area contributed by atoms with Gasteiger partial charge in [-0.15, -0.1) is 0 Å². The van der Waals surface area contributed by atoms with Crippen LogP contribution in [-0.4, -0.2) is 27.9 Å². The van der Waals surface area contributed by atoms with Crippen molar-refractivity contribution in [2.45, 2.75) is 0 Å². The van der Waals surface area contributed by atoms with E-state index in [1.807, 2.05) is 0 Å². The Kier molecular flexibility index (Phi) is 2.66. The second kappa shape index (κ2) is 3.59. The van der Waals surface area contributed by atoms with Crippen molar-refractivity contribution in [3.63, 3.8) is 0 Å². The second-order valence-electron chi connectivity index (χ2n) is 2.40. The van der Waals surface area contributed by atoms with E-state index < -0.39 is 20.9 Å². The van der Waals surface area contributed by atoms with Gasteiger partial charge in [0.2, 0.25) is 0 Å². The van der Waals surface area contributed by atoms with Crippen LogP contribution >= 0.6 is 0 Å². The van der Waals surface area contributed by atoms with E-state index in [1.165, 1.54) is 24.3 Å². The number of nitrogens with zero attached hydrogens (tertiary/aromatic N) is 2. The Morgan fingerprint density at radius 2 is 1.93 bits per heavy atom. The second-order valence-corrected chi connectivity index (χ2v) is 3.73. The molecule has 0 aliphatic heterocycles. The van der Waals surface area contributed by atoms with Crippen LogP contribution in [0.1, 0.15) is 5.56 Å². The molecule has 1 rings (SSSR count). The molecule has 0 atom stereocenters. The van der Waals surface area contributed by atoms with E-state index in [1.54, 1.807) is 0 Å². The lowest BCUT2D eigenvalue weighted by Gasteiger charge is -1.96. The zero-order valence-corrected chi connectivity index (χ0v) is 7.64. The summed E-state index contributed by atoms with van der Waals surface area (Å²) >= 11 is 0. The van der Waals surface area contributed by atoms with Crippen LogP contribution in [0, 0.1) is 0 Å². The fraction of sp³-hybridized carbons (Fsp3) is 0. The Morgan fingerprint density at radius 1 is 1.36 bits per heavy atom. The van der Waals surface area contributed by atoms with E-state index in [9.17, 15) is 13.5 Å². The summed E-state index contributed by atoms with van der Waals surface area (Å²) in [6, 6.07) is 5.27. The van der Waals surface area contributed by atoms with Gasteiger partial charge in [-0.3, -0.25) is 4.55 Å². The average Bonchev–Trinajstić information content (AvgIpc) is 2.07. The van der Waals surface area contributed by atoms with Gasteiger partial charge in [0.15, 0.2) is 0 Å². The van der Waals surface area contributed by atoms with Crippen molar-refractivity contribution in [1.29, 1.82) is 0 Å². The molecule has 0 radical (unpaired) electrons. The molecule has 1 aromatic rings. The van der Waals surface area contributed by atoms with Gasteiger partial charge in [-0.25, -0.2) is 0 Å². The number of hydrogen-bond donors (Lipinski definition) is 2. The Balaban J connectivity index is 3.45. The molecule has 0 saturated heterocycles. The predicted octanol–water partition coefficient (Wildman–Crippen LogP) is 0.256. The van der Waals surface area contributed by atoms with Gasteiger partial charge in [-0.2, -0.15) is 13.2 Å². The van der Waals surface area contributed by atoms with Gasteiger partial charge >= 0.3 is 15.2 Å². The first-order chi connectivity index (χ1) is 6.46. The first-order valence-corrected chi connectivity index (χ1v) is 4.88. The number of phenols is 1. The fourth-order valence-corrected chi connectivity index (χ4v) is 1.45. The molecule has 74 valence electrons. The van der Waals surface area contributed by atoms with Crippen LogP contribution in [0.3, 0.4) is 0 Å². The highest BCUT2D eigenvalue weighted by molar-refractivity contribution is 8.01. The Hall–Kier alpha value is -1.69. The van der Waals surface area contributed by atoms with Crippen LogP contribution in [0.25, 0.3) is 5.53 Å². The third kappa shape index (κ3) is 1.97. The summed E-state index contributed by atoms with van der Waals surface area (Å²) in [5.41, 5.74) is 8.11. The van der Waals surface area contributed by atoms with E-state index in [2.05, 4.69) is 4.79 Å². The maximum Gasteiger partial charge on any atom is 0.441 e. The summed E-state index contributed by atoms with van der Waals surface area (Å²) in [7, 11) is -4.65. The first kappa shape index (κ1) is 10.4. The summed E-state index contributed by atoms with van der Waals surface area (Å²) in [4.78, 5) is 2.41. The number of aromatic hydroxyl groups is 1. The highest BCUT2D eigenvalue weighted by Crippen LogP contribution is 2.17. The van der Waals surface area contributed by atoms with Gasteiger partial charge in [0.05, 0.1) is 0 Å². The van der Waals surface area contributed by atoms with E-state index in [0.29, 0.717) is 0 Å². The quantitative estimate of drug-likeness (QED) is 0.229. The number of hydrogen-bond acceptors (Lipinski definition) is 3. The van der Waals surface area contributed by atoms with E-state index in [4.69, 9.17) is 10.1 Å². The van der Waals surface area contributed by atoms with Gasteiger partial charge in [0, 0.05) is 0 Å². The lowest BCUT2D eigenvalue weighted by molar-refractivity contribution is -0.000215. The summed E-state index contributed by atoms with van der Waals surface area (Å²) < 4.78 is 30.0. The van der Waals surface area contributed by atoms with Crippen LogP contribution in [0.4, 0.5) is 0 Å². The number of para-hydroxylation sites is 1. The smallest absolute Gasteiger partial charge is 0.441 e. The molecule has 14 heavy (non-hydrogen) atoms. The highest BCUT2D eigenvalue weighted by Gasteiger charge is 2.30. The Bertz CT molecular complexity index is 502. The molecule has 0 aliphatic rings. The van der Waals surface area contributed by atoms with Crippen LogP contribution < -0.4 is 0 Å². The van der Waals surface area contributed by atoms with Crippen LogP contribution in [0.5, 0.6) is 5.75 Å². The first-order valence-electron chi connectivity index (χ1n) is 3.44. The molecule has 0 amide bonds. The van der Waals surface area contributed by atoms with Gasteiger partial charge in [-0.05, 0) is 12.1 Å². The Labute approximate surface area is 79.8 Å². The van der Waals surface area contributed by atoms with E-state index in [0.717, 1.165) is 0 Å². The number of phenolic OH excluding ortho intramolecular Hbond substituents is 1. The van der Waals surface area contributed by atoms with Crippen molar-refractivity contribution in [3.05, 3.63) is 35.4 Å². The predicted molar refractivity (Wildman–Crippen MR) is 47.4 cm³/mol. The van der Waals surface area contributed by atoms with Crippen LogP contribution in [0.15, 0.2) is 24.3 Å². The molecule has 0 heterocycles.